The van der Waals surface area contributed by atoms with Crippen molar-refractivity contribution in [3.63, 3.8) is 0 Å². The number of amides is 1. The average molecular weight is 355 g/mol. The Hall–Kier alpha value is -2.76. The fraction of sp³-hybridized carbons (Fsp3) is 0.400. The summed E-state index contributed by atoms with van der Waals surface area (Å²) >= 11 is 0. The smallest absolute Gasteiger partial charge is 0.255 e. The molecule has 0 saturated carbocycles. The number of nitrogens with one attached hydrogen (secondary N) is 1. The van der Waals surface area contributed by atoms with E-state index in [2.05, 4.69) is 24.1 Å². The van der Waals surface area contributed by atoms with Crippen LogP contribution in [0.4, 0.5) is 5.82 Å². The van der Waals surface area contributed by atoms with E-state index in [4.69, 9.17) is 9.47 Å². The number of methoxy groups -OCH3 is 2. The van der Waals surface area contributed by atoms with E-state index in [9.17, 15) is 4.79 Å². The Balaban J connectivity index is 1.76. The van der Waals surface area contributed by atoms with Crippen molar-refractivity contribution in [2.24, 2.45) is 0 Å². The van der Waals surface area contributed by atoms with Gasteiger partial charge in [-0.1, -0.05) is 0 Å². The molecule has 0 fully saturated rings. The number of nitrogens with zero attached hydrogens (tertiary/aromatic N) is 2. The van der Waals surface area contributed by atoms with Crippen LogP contribution >= 0.6 is 0 Å². The zero-order valence-corrected chi connectivity index (χ0v) is 15.7. The second-order valence-electron chi connectivity index (χ2n) is 6.68. The van der Waals surface area contributed by atoms with Gasteiger partial charge in [-0.25, -0.2) is 4.98 Å². The van der Waals surface area contributed by atoms with E-state index in [1.807, 2.05) is 29.2 Å². The highest BCUT2D eigenvalue weighted by Gasteiger charge is 2.24. The monoisotopic (exact) mass is 355 g/mol. The number of hydrogen-bond donors (Lipinski definition) is 1. The molecule has 1 aromatic heterocycles. The average Bonchev–Trinajstić information content (AvgIpc) is 2.66. The lowest BCUT2D eigenvalue weighted by atomic mass is 9.98. The SMILES string of the molecule is COc1cc2c(cc1OC)CN(C(=O)c1ccc(NC(C)C)nc1)CC2. The third-order valence-corrected chi connectivity index (χ3v) is 4.45. The number of ether oxygens (including phenoxy) is 2. The molecule has 2 aromatic rings. The van der Waals surface area contributed by atoms with Gasteiger partial charge in [-0.05, 0) is 55.7 Å². The molecule has 1 aliphatic heterocycles. The summed E-state index contributed by atoms with van der Waals surface area (Å²) in [6.07, 6.45) is 2.43. The maximum atomic E-state index is 12.8. The minimum absolute atomic E-state index is 0.00553. The van der Waals surface area contributed by atoms with Gasteiger partial charge >= 0.3 is 0 Å². The van der Waals surface area contributed by atoms with Crippen LogP contribution in [0.5, 0.6) is 11.5 Å². The molecule has 0 bridgehead atoms. The molecular weight excluding hydrogens is 330 g/mol. The van der Waals surface area contributed by atoms with Gasteiger partial charge in [0.1, 0.15) is 5.82 Å². The number of anilines is 1. The summed E-state index contributed by atoms with van der Waals surface area (Å²) in [7, 11) is 3.25. The van der Waals surface area contributed by atoms with Crippen molar-refractivity contribution in [2.75, 3.05) is 26.1 Å². The molecule has 1 N–H and O–H groups in total. The number of hydrogen-bond acceptors (Lipinski definition) is 5. The summed E-state index contributed by atoms with van der Waals surface area (Å²) in [6, 6.07) is 7.93. The van der Waals surface area contributed by atoms with Crippen LogP contribution in [0.15, 0.2) is 30.5 Å². The van der Waals surface area contributed by atoms with Gasteiger partial charge in [0.25, 0.3) is 5.91 Å². The van der Waals surface area contributed by atoms with E-state index in [-0.39, 0.29) is 5.91 Å². The Morgan fingerprint density at radius 3 is 2.42 bits per heavy atom. The Morgan fingerprint density at radius 2 is 1.85 bits per heavy atom. The molecule has 1 aromatic carbocycles. The second kappa shape index (κ2) is 7.64. The second-order valence-corrected chi connectivity index (χ2v) is 6.68. The zero-order valence-electron chi connectivity index (χ0n) is 15.7. The summed E-state index contributed by atoms with van der Waals surface area (Å²) in [4.78, 5) is 19.0. The van der Waals surface area contributed by atoms with Crippen LogP contribution in [-0.2, 0) is 13.0 Å². The van der Waals surface area contributed by atoms with E-state index in [0.29, 0.717) is 30.4 Å². The van der Waals surface area contributed by atoms with Crippen molar-refractivity contribution >= 4 is 11.7 Å². The molecule has 0 unspecified atom stereocenters. The van der Waals surface area contributed by atoms with Gasteiger partial charge in [-0.2, -0.15) is 0 Å². The fourth-order valence-electron chi connectivity index (χ4n) is 3.14. The predicted molar refractivity (Wildman–Crippen MR) is 101 cm³/mol. The van der Waals surface area contributed by atoms with E-state index >= 15 is 0 Å². The first-order chi connectivity index (χ1) is 12.5. The third kappa shape index (κ3) is 3.74. The van der Waals surface area contributed by atoms with Crippen molar-refractivity contribution in [3.05, 3.63) is 47.2 Å². The van der Waals surface area contributed by atoms with Crippen molar-refractivity contribution in [1.82, 2.24) is 9.88 Å². The highest BCUT2D eigenvalue weighted by molar-refractivity contribution is 5.94. The Kier molecular flexibility index (Phi) is 5.30. The van der Waals surface area contributed by atoms with Crippen molar-refractivity contribution in [1.29, 1.82) is 0 Å². The predicted octanol–water partition coefficient (Wildman–Crippen LogP) is 3.12. The molecule has 3 rings (SSSR count). The van der Waals surface area contributed by atoms with Crippen LogP contribution < -0.4 is 14.8 Å². The first kappa shape index (κ1) is 18.0. The molecule has 0 spiro atoms. The largest absolute Gasteiger partial charge is 0.493 e. The third-order valence-electron chi connectivity index (χ3n) is 4.45. The maximum absolute atomic E-state index is 12.8. The molecule has 0 radical (unpaired) electrons. The number of benzene rings is 1. The van der Waals surface area contributed by atoms with Gasteiger partial charge in [0.2, 0.25) is 0 Å². The van der Waals surface area contributed by atoms with E-state index in [1.165, 1.54) is 5.56 Å². The Morgan fingerprint density at radius 1 is 1.15 bits per heavy atom. The lowest BCUT2D eigenvalue weighted by molar-refractivity contribution is 0.0734. The number of carbonyl (C=O) groups excluding carboxylic acids is 1. The van der Waals surface area contributed by atoms with Crippen LogP contribution in [0.2, 0.25) is 0 Å². The van der Waals surface area contributed by atoms with Crippen LogP contribution in [0.25, 0.3) is 0 Å². The lowest BCUT2D eigenvalue weighted by Gasteiger charge is -2.29. The minimum atomic E-state index is -0.00553. The first-order valence-electron chi connectivity index (χ1n) is 8.77. The van der Waals surface area contributed by atoms with Crippen molar-refractivity contribution < 1.29 is 14.3 Å². The molecule has 0 saturated heterocycles. The fourth-order valence-corrected chi connectivity index (χ4v) is 3.14. The lowest BCUT2D eigenvalue weighted by Crippen LogP contribution is -2.36. The van der Waals surface area contributed by atoms with Gasteiger partial charge in [0.15, 0.2) is 11.5 Å². The topological polar surface area (TPSA) is 63.7 Å². The summed E-state index contributed by atoms with van der Waals surface area (Å²) < 4.78 is 10.7. The number of carbonyl (C=O) groups is 1. The number of aromatic nitrogens is 1. The highest BCUT2D eigenvalue weighted by atomic mass is 16.5. The molecule has 1 aliphatic rings. The number of fused-ring (bicyclic) bond motifs is 1. The molecule has 6 heteroatoms. The van der Waals surface area contributed by atoms with Crippen LogP contribution in [0.1, 0.15) is 35.3 Å². The van der Waals surface area contributed by atoms with Crippen molar-refractivity contribution in [2.45, 2.75) is 32.9 Å². The standard InChI is InChI=1S/C20H25N3O3/c1-13(2)22-19-6-5-15(11-21-19)20(24)23-8-7-14-9-17(25-3)18(26-4)10-16(14)12-23/h5-6,9-11,13H,7-8,12H2,1-4H3,(H,21,22). The summed E-state index contributed by atoms with van der Waals surface area (Å²) in [5.41, 5.74) is 2.89. The van der Waals surface area contributed by atoms with E-state index in [1.54, 1.807) is 20.4 Å². The summed E-state index contributed by atoms with van der Waals surface area (Å²) in [5.74, 6) is 2.18. The minimum Gasteiger partial charge on any atom is -0.493 e. The molecular formula is C20H25N3O3. The summed E-state index contributed by atoms with van der Waals surface area (Å²) in [6.45, 7) is 5.33. The Labute approximate surface area is 154 Å². The Bertz CT molecular complexity index is 788. The highest BCUT2D eigenvalue weighted by Crippen LogP contribution is 2.33. The van der Waals surface area contributed by atoms with Gasteiger partial charge in [-0.3, -0.25) is 4.79 Å². The zero-order chi connectivity index (χ0) is 18.7. The first-order valence-corrected chi connectivity index (χ1v) is 8.77. The molecule has 0 aliphatic carbocycles. The molecule has 0 atom stereocenters. The molecule has 1 amide bonds. The van der Waals surface area contributed by atoms with E-state index in [0.717, 1.165) is 23.6 Å². The molecule has 6 nitrogen and oxygen atoms in total. The van der Waals surface area contributed by atoms with Gasteiger partial charge < -0.3 is 19.7 Å². The van der Waals surface area contributed by atoms with Crippen molar-refractivity contribution in [3.8, 4) is 11.5 Å². The summed E-state index contributed by atoms with van der Waals surface area (Å²) in [5, 5.41) is 3.23. The molecule has 2 heterocycles. The van der Waals surface area contributed by atoms with Crippen LogP contribution in [0.3, 0.4) is 0 Å². The van der Waals surface area contributed by atoms with Gasteiger partial charge in [0, 0.05) is 25.3 Å². The van der Waals surface area contributed by atoms with Gasteiger partial charge in [0.05, 0.1) is 19.8 Å². The molecule has 138 valence electrons. The normalized spacial score (nSPS) is 13.3. The quantitative estimate of drug-likeness (QED) is 0.893. The number of rotatable bonds is 5. The van der Waals surface area contributed by atoms with E-state index < -0.39 is 0 Å². The van der Waals surface area contributed by atoms with Gasteiger partial charge in [-0.15, -0.1) is 0 Å². The maximum Gasteiger partial charge on any atom is 0.255 e. The van der Waals surface area contributed by atoms with Crippen LogP contribution in [0, 0.1) is 0 Å². The van der Waals surface area contributed by atoms with Crippen LogP contribution in [-0.4, -0.2) is 42.6 Å². The number of pyridine rings is 1. The molecule has 26 heavy (non-hydrogen) atoms.